The van der Waals surface area contributed by atoms with E-state index in [1.807, 2.05) is 35.6 Å². The minimum atomic E-state index is -2.72. The molecule has 2 heterocycles. The number of hydrogen-bond donors (Lipinski definition) is 3. The molecule has 3 N–H and O–H groups in total. The Labute approximate surface area is 229 Å². The first kappa shape index (κ1) is 22.2. The Bertz CT molecular complexity index is 1570. The monoisotopic (exact) mass is 531 g/mol. The SMILES string of the molecule is [2H]C([2H])([2H])NC(=O)c1cnc(NC(=O)C2CC2)cc1Nc1cccc(-c2nc(COCc3ccccc3)no2)c1OC. The molecule has 1 saturated carbocycles. The molecule has 1 aliphatic carbocycles. The molecule has 0 bridgehead atoms. The van der Waals surface area contributed by atoms with Crippen LogP contribution in [0.3, 0.4) is 0 Å². The summed E-state index contributed by atoms with van der Waals surface area (Å²) in [5.74, 6) is -0.0737. The van der Waals surface area contributed by atoms with E-state index in [9.17, 15) is 9.59 Å². The van der Waals surface area contributed by atoms with Gasteiger partial charge in [-0.2, -0.15) is 4.98 Å². The molecule has 200 valence electrons. The van der Waals surface area contributed by atoms with E-state index in [-0.39, 0.29) is 41.4 Å². The normalized spacial score (nSPS) is 14.0. The molecule has 2 aromatic carbocycles. The largest absolute Gasteiger partial charge is 0.494 e. The number of carbonyl (C=O) groups is 2. The number of methoxy groups -OCH3 is 1. The number of carbonyl (C=O) groups excluding carboxylic acids is 2. The van der Waals surface area contributed by atoms with Gasteiger partial charge in [-0.3, -0.25) is 9.59 Å². The lowest BCUT2D eigenvalue weighted by Crippen LogP contribution is -2.20. The molecule has 11 heteroatoms. The molecule has 2 amide bonds. The van der Waals surface area contributed by atoms with Gasteiger partial charge in [-0.05, 0) is 30.5 Å². The van der Waals surface area contributed by atoms with Crippen LogP contribution in [0.15, 0.2) is 65.3 Å². The fraction of sp³-hybridized carbons (Fsp3) is 0.250. The second-order valence-electron chi connectivity index (χ2n) is 8.84. The highest BCUT2D eigenvalue weighted by atomic mass is 16.5. The van der Waals surface area contributed by atoms with E-state index in [1.54, 1.807) is 18.2 Å². The van der Waals surface area contributed by atoms with Crippen LogP contribution in [0, 0.1) is 5.92 Å². The predicted molar refractivity (Wildman–Crippen MR) is 143 cm³/mol. The Kier molecular flexibility index (Phi) is 6.69. The molecule has 2 aromatic heterocycles. The van der Waals surface area contributed by atoms with Gasteiger partial charge < -0.3 is 29.9 Å². The summed E-state index contributed by atoms with van der Waals surface area (Å²) in [6, 6.07) is 16.3. The highest BCUT2D eigenvalue weighted by molar-refractivity contribution is 6.01. The van der Waals surface area contributed by atoms with Gasteiger partial charge in [0.05, 0.1) is 36.2 Å². The maximum atomic E-state index is 12.8. The molecule has 0 atom stereocenters. The number of para-hydroxylation sites is 1. The molecule has 1 aliphatic rings. The Balaban J connectivity index is 1.39. The summed E-state index contributed by atoms with van der Waals surface area (Å²) in [6.45, 7) is -2.20. The summed E-state index contributed by atoms with van der Waals surface area (Å²) in [4.78, 5) is 33.7. The molecule has 0 saturated heterocycles. The zero-order valence-electron chi connectivity index (χ0n) is 24.1. The highest BCUT2D eigenvalue weighted by Gasteiger charge is 2.30. The van der Waals surface area contributed by atoms with Gasteiger partial charge in [0.1, 0.15) is 12.4 Å². The molecule has 11 nitrogen and oxygen atoms in total. The third kappa shape index (κ3) is 6.21. The van der Waals surface area contributed by atoms with Crippen LogP contribution in [0.2, 0.25) is 0 Å². The first-order valence-corrected chi connectivity index (χ1v) is 12.2. The summed E-state index contributed by atoms with van der Waals surface area (Å²) in [6.07, 6.45) is 2.80. The van der Waals surface area contributed by atoms with Gasteiger partial charge in [0.15, 0.2) is 11.6 Å². The fourth-order valence-corrected chi connectivity index (χ4v) is 3.87. The second kappa shape index (κ2) is 11.7. The van der Waals surface area contributed by atoms with E-state index in [1.165, 1.54) is 19.4 Å². The van der Waals surface area contributed by atoms with Gasteiger partial charge >= 0.3 is 0 Å². The van der Waals surface area contributed by atoms with Crippen LogP contribution in [-0.4, -0.2) is 41.0 Å². The topological polar surface area (TPSA) is 140 Å². The summed E-state index contributed by atoms with van der Waals surface area (Å²) in [7, 11) is 1.46. The Morgan fingerprint density at radius 3 is 2.72 bits per heavy atom. The number of rotatable bonds is 11. The minimum absolute atomic E-state index is 0.0568. The van der Waals surface area contributed by atoms with Gasteiger partial charge in [0.25, 0.3) is 11.8 Å². The number of aromatic nitrogens is 3. The van der Waals surface area contributed by atoms with Crippen LogP contribution < -0.4 is 20.7 Å². The molecule has 0 aliphatic heterocycles. The molecular weight excluding hydrogens is 500 g/mol. The molecule has 39 heavy (non-hydrogen) atoms. The van der Waals surface area contributed by atoms with Crippen LogP contribution in [0.5, 0.6) is 5.75 Å². The van der Waals surface area contributed by atoms with Gasteiger partial charge in [0, 0.05) is 29.3 Å². The Morgan fingerprint density at radius 2 is 1.95 bits per heavy atom. The highest BCUT2D eigenvalue weighted by Crippen LogP contribution is 2.38. The number of hydrogen-bond acceptors (Lipinski definition) is 9. The lowest BCUT2D eigenvalue weighted by atomic mass is 10.1. The van der Waals surface area contributed by atoms with Crippen molar-refractivity contribution in [3.63, 3.8) is 0 Å². The average Bonchev–Trinajstić information content (AvgIpc) is 3.71. The first-order chi connectivity index (χ1) is 20.2. The van der Waals surface area contributed by atoms with Crippen molar-refractivity contribution in [2.24, 2.45) is 5.92 Å². The van der Waals surface area contributed by atoms with Crippen molar-refractivity contribution in [3.8, 4) is 17.2 Å². The summed E-state index contributed by atoms with van der Waals surface area (Å²) in [5.41, 5.74) is 2.02. The smallest absolute Gasteiger partial charge is 0.261 e. The van der Waals surface area contributed by atoms with Crippen LogP contribution in [0.1, 0.15) is 38.7 Å². The van der Waals surface area contributed by atoms with E-state index in [0.717, 1.165) is 18.4 Å². The van der Waals surface area contributed by atoms with E-state index in [4.69, 9.17) is 18.1 Å². The predicted octanol–water partition coefficient (Wildman–Crippen LogP) is 4.31. The van der Waals surface area contributed by atoms with E-state index in [2.05, 4.69) is 25.8 Å². The van der Waals surface area contributed by atoms with Gasteiger partial charge in [-0.1, -0.05) is 41.6 Å². The van der Waals surface area contributed by atoms with Gasteiger partial charge in [-0.25, -0.2) is 4.98 Å². The van der Waals surface area contributed by atoms with Crippen LogP contribution in [-0.2, 0) is 22.7 Å². The first-order valence-electron chi connectivity index (χ1n) is 13.7. The van der Waals surface area contributed by atoms with E-state index in [0.29, 0.717) is 29.4 Å². The van der Waals surface area contributed by atoms with E-state index >= 15 is 0 Å². The van der Waals surface area contributed by atoms with Gasteiger partial charge in [0.2, 0.25) is 5.91 Å². The van der Waals surface area contributed by atoms with Crippen molar-refractivity contribution in [2.75, 3.05) is 24.7 Å². The van der Waals surface area contributed by atoms with Crippen molar-refractivity contribution in [2.45, 2.75) is 26.1 Å². The van der Waals surface area contributed by atoms with E-state index < -0.39 is 12.9 Å². The third-order valence-corrected chi connectivity index (χ3v) is 5.99. The van der Waals surface area contributed by atoms with Crippen molar-refractivity contribution in [3.05, 3.63) is 77.7 Å². The molecule has 0 radical (unpaired) electrons. The van der Waals surface area contributed by atoms with Crippen molar-refractivity contribution in [1.29, 1.82) is 0 Å². The fourth-order valence-electron chi connectivity index (χ4n) is 3.87. The summed E-state index contributed by atoms with van der Waals surface area (Å²) in [5, 5.41) is 11.8. The second-order valence-corrected chi connectivity index (χ2v) is 8.84. The number of ether oxygens (including phenoxy) is 2. The average molecular weight is 532 g/mol. The number of amides is 2. The van der Waals surface area contributed by atoms with Crippen molar-refractivity contribution in [1.82, 2.24) is 20.4 Å². The minimum Gasteiger partial charge on any atom is -0.494 e. The molecule has 0 spiro atoms. The maximum absolute atomic E-state index is 12.8. The quantitative estimate of drug-likeness (QED) is 0.258. The zero-order valence-corrected chi connectivity index (χ0v) is 21.1. The number of benzene rings is 2. The number of pyridine rings is 1. The Hall–Kier alpha value is -4.77. The molecule has 1 fully saturated rings. The number of nitrogens with one attached hydrogen (secondary N) is 3. The molecule has 4 aromatic rings. The maximum Gasteiger partial charge on any atom is 0.261 e. The Morgan fingerprint density at radius 1 is 1.10 bits per heavy atom. The van der Waals surface area contributed by atoms with Gasteiger partial charge in [-0.15, -0.1) is 0 Å². The summed E-state index contributed by atoms with van der Waals surface area (Å²) >= 11 is 0. The zero-order chi connectivity index (χ0) is 29.7. The lowest BCUT2D eigenvalue weighted by Gasteiger charge is -2.16. The van der Waals surface area contributed by atoms with Crippen LogP contribution in [0.25, 0.3) is 11.5 Å². The lowest BCUT2D eigenvalue weighted by molar-refractivity contribution is -0.117. The number of nitrogens with zero attached hydrogens (tertiary/aromatic N) is 3. The molecule has 5 rings (SSSR count). The van der Waals surface area contributed by atoms with Crippen molar-refractivity contribution < 1.29 is 27.7 Å². The molecule has 0 unspecified atom stereocenters. The van der Waals surface area contributed by atoms with Crippen LogP contribution >= 0.6 is 0 Å². The standard InChI is InChI=1S/C28H28N6O5/c1-29-27(36)20-14-30-23(32-26(35)18-11-12-18)13-22(20)31-21-10-6-9-19(25(21)37-2)28-33-24(34-39-28)16-38-15-17-7-4-3-5-8-17/h3-10,13-14,18H,11-12,15-16H2,1-2H3,(H,29,36)(H2,30,31,32,35)/i1D3. The van der Waals surface area contributed by atoms with Crippen LogP contribution in [0.4, 0.5) is 17.2 Å². The molecular formula is C28H28N6O5. The third-order valence-electron chi connectivity index (χ3n) is 5.99. The number of anilines is 3. The van der Waals surface area contributed by atoms with Crippen molar-refractivity contribution >= 4 is 29.0 Å². The summed E-state index contributed by atoms with van der Waals surface area (Å²) < 4.78 is 39.1.